The number of hydrogen-bond acceptors (Lipinski definition) is 2. The summed E-state index contributed by atoms with van der Waals surface area (Å²) in [7, 11) is 4.81. The first kappa shape index (κ1) is 8.59. The summed E-state index contributed by atoms with van der Waals surface area (Å²) in [5.74, 6) is 0.311. The number of amides is 1. The molecule has 63 valence electrons. The summed E-state index contributed by atoms with van der Waals surface area (Å²) in [6.07, 6.45) is 0. The number of ether oxygens (including phenoxy) is 1. The lowest BCUT2D eigenvalue weighted by atomic mass is 10.2. The van der Waals surface area contributed by atoms with Gasteiger partial charge in [-0.25, -0.2) is 0 Å². The van der Waals surface area contributed by atoms with Crippen molar-refractivity contribution in [3.05, 3.63) is 36.9 Å². The van der Waals surface area contributed by atoms with Crippen LogP contribution >= 0.6 is 0 Å². The Morgan fingerprint density at radius 2 is 2.17 bits per heavy atom. The molecule has 1 aromatic rings. The molecule has 0 heterocycles. The molecule has 0 atom stereocenters. The van der Waals surface area contributed by atoms with Gasteiger partial charge in [0.05, 0.1) is 12.7 Å². The fourth-order valence-electron chi connectivity index (χ4n) is 0.927. The van der Waals surface area contributed by atoms with Gasteiger partial charge >= 0.3 is 0 Å². The first-order valence-electron chi connectivity index (χ1n) is 3.50. The molecule has 0 bridgehead atoms. The number of carbonyl (C=O) groups is 1. The third-order valence-corrected chi connectivity index (χ3v) is 1.51. The molecule has 0 spiro atoms. The molecule has 3 heteroatoms. The van der Waals surface area contributed by atoms with Gasteiger partial charge < -0.3 is 10.1 Å². The first-order chi connectivity index (χ1) is 5.79. The van der Waals surface area contributed by atoms with E-state index in [1.54, 1.807) is 24.3 Å². The van der Waals surface area contributed by atoms with Crippen LogP contribution in [0.3, 0.4) is 0 Å². The summed E-state index contributed by atoms with van der Waals surface area (Å²) in [6.45, 7) is 0. The topological polar surface area (TPSA) is 38.3 Å². The molecule has 0 aromatic heterocycles. The van der Waals surface area contributed by atoms with Crippen LogP contribution < -0.4 is 10.1 Å². The standard InChI is InChI=1S/C9H10NO2/c1-10-9(11)7-5-3-4-6-8(7)12-2/h3-6H,1H2,2H3,(H,10,11). The van der Waals surface area contributed by atoms with Crippen LogP contribution in [0.1, 0.15) is 10.4 Å². The van der Waals surface area contributed by atoms with Gasteiger partial charge in [0.15, 0.2) is 0 Å². The summed E-state index contributed by atoms with van der Waals surface area (Å²) in [4.78, 5) is 11.1. The van der Waals surface area contributed by atoms with E-state index in [9.17, 15) is 4.79 Å². The van der Waals surface area contributed by atoms with Gasteiger partial charge in [-0.3, -0.25) is 4.79 Å². The van der Waals surface area contributed by atoms with Crippen LogP contribution in [0.15, 0.2) is 24.3 Å². The molecule has 3 nitrogen and oxygen atoms in total. The van der Waals surface area contributed by atoms with Gasteiger partial charge in [-0.2, -0.15) is 0 Å². The second-order valence-corrected chi connectivity index (χ2v) is 2.21. The van der Waals surface area contributed by atoms with Gasteiger partial charge in [0.2, 0.25) is 0 Å². The highest BCUT2D eigenvalue weighted by Gasteiger charge is 2.07. The first-order valence-corrected chi connectivity index (χ1v) is 3.50. The second-order valence-electron chi connectivity index (χ2n) is 2.21. The number of rotatable bonds is 2. The maximum Gasteiger partial charge on any atom is 0.255 e. The summed E-state index contributed by atoms with van der Waals surface area (Å²) >= 11 is 0. The lowest BCUT2D eigenvalue weighted by Gasteiger charge is -2.05. The maximum absolute atomic E-state index is 11.1. The molecule has 12 heavy (non-hydrogen) atoms. The lowest BCUT2D eigenvalue weighted by molar-refractivity contribution is 0.0966. The largest absolute Gasteiger partial charge is 0.496 e. The summed E-state index contributed by atoms with van der Waals surface area (Å²) in [5, 5.41) is 2.29. The number of carbonyl (C=O) groups excluding carboxylic acids is 1. The zero-order chi connectivity index (χ0) is 8.97. The van der Waals surface area contributed by atoms with Crippen molar-refractivity contribution in [3.63, 3.8) is 0 Å². The monoisotopic (exact) mass is 164 g/mol. The zero-order valence-electron chi connectivity index (χ0n) is 6.83. The Bertz CT molecular complexity index is 284. The van der Waals surface area contributed by atoms with Gasteiger partial charge in [0.1, 0.15) is 5.75 Å². The maximum atomic E-state index is 11.1. The van der Waals surface area contributed by atoms with E-state index in [0.717, 1.165) is 0 Å². The van der Waals surface area contributed by atoms with E-state index in [4.69, 9.17) is 4.74 Å². The predicted molar refractivity (Wildman–Crippen MR) is 45.8 cm³/mol. The molecule has 0 saturated carbocycles. The molecule has 1 radical (unpaired) electrons. The molecule has 1 amide bonds. The highest BCUT2D eigenvalue weighted by atomic mass is 16.5. The van der Waals surface area contributed by atoms with Crippen molar-refractivity contribution in [3.8, 4) is 5.75 Å². The van der Waals surface area contributed by atoms with Gasteiger partial charge in [0, 0.05) is 7.05 Å². The number of para-hydroxylation sites is 1. The summed E-state index contributed by atoms with van der Waals surface area (Å²) < 4.78 is 4.98. The van der Waals surface area contributed by atoms with Crippen molar-refractivity contribution in [1.82, 2.24) is 5.32 Å². The van der Waals surface area contributed by atoms with Crippen molar-refractivity contribution < 1.29 is 9.53 Å². The minimum absolute atomic E-state index is 0.243. The third-order valence-electron chi connectivity index (χ3n) is 1.51. The number of benzene rings is 1. The van der Waals surface area contributed by atoms with Crippen molar-refractivity contribution in [2.24, 2.45) is 0 Å². The molecule has 0 aliphatic heterocycles. The molecule has 1 rings (SSSR count). The highest BCUT2D eigenvalue weighted by molar-refractivity contribution is 5.96. The fraction of sp³-hybridized carbons (Fsp3) is 0.111. The van der Waals surface area contributed by atoms with E-state index in [1.807, 2.05) is 0 Å². The molecule has 0 saturated heterocycles. The van der Waals surface area contributed by atoms with Crippen LogP contribution in [0.2, 0.25) is 0 Å². The van der Waals surface area contributed by atoms with Crippen molar-refractivity contribution in [2.45, 2.75) is 0 Å². The van der Waals surface area contributed by atoms with Gasteiger partial charge in [-0.05, 0) is 12.1 Å². The van der Waals surface area contributed by atoms with Crippen LogP contribution in [0.4, 0.5) is 0 Å². The van der Waals surface area contributed by atoms with Gasteiger partial charge in [0.25, 0.3) is 5.91 Å². The molecule has 1 N–H and O–H groups in total. The average Bonchev–Trinajstić information content (AvgIpc) is 2.16. The Hall–Kier alpha value is -1.51. The molecular formula is C9H10NO2. The second kappa shape index (κ2) is 3.76. The van der Waals surface area contributed by atoms with Crippen molar-refractivity contribution >= 4 is 5.91 Å². The van der Waals surface area contributed by atoms with E-state index in [-0.39, 0.29) is 5.91 Å². The minimum Gasteiger partial charge on any atom is -0.496 e. The SMILES string of the molecule is [CH2]NC(=O)c1ccccc1OC. The molecule has 1 aromatic carbocycles. The molecule has 0 aliphatic carbocycles. The summed E-state index contributed by atoms with van der Waals surface area (Å²) in [5.41, 5.74) is 0.495. The molecular weight excluding hydrogens is 154 g/mol. The van der Waals surface area contributed by atoms with Crippen LogP contribution in [0.5, 0.6) is 5.75 Å². The Morgan fingerprint density at radius 3 is 2.75 bits per heavy atom. The molecule has 0 unspecified atom stereocenters. The van der Waals surface area contributed by atoms with Crippen LogP contribution in [0, 0.1) is 7.05 Å². The van der Waals surface area contributed by atoms with E-state index in [1.165, 1.54) is 7.11 Å². The molecule has 0 aliphatic rings. The predicted octanol–water partition coefficient (Wildman–Crippen LogP) is 1.22. The summed E-state index contributed by atoms with van der Waals surface area (Å²) in [6, 6.07) is 6.98. The number of methoxy groups -OCH3 is 1. The normalized spacial score (nSPS) is 9.17. The molecule has 0 fully saturated rings. The minimum atomic E-state index is -0.243. The Morgan fingerprint density at radius 1 is 1.50 bits per heavy atom. The van der Waals surface area contributed by atoms with Crippen LogP contribution in [-0.2, 0) is 0 Å². The third kappa shape index (κ3) is 1.56. The Labute approximate surface area is 71.4 Å². The lowest BCUT2D eigenvalue weighted by Crippen LogP contribution is -2.16. The van der Waals surface area contributed by atoms with Crippen LogP contribution in [0.25, 0.3) is 0 Å². The highest BCUT2D eigenvalue weighted by Crippen LogP contribution is 2.16. The quantitative estimate of drug-likeness (QED) is 0.713. The van der Waals surface area contributed by atoms with Crippen molar-refractivity contribution in [2.75, 3.05) is 7.11 Å². The van der Waals surface area contributed by atoms with E-state index in [0.29, 0.717) is 11.3 Å². The van der Waals surface area contributed by atoms with E-state index >= 15 is 0 Å². The average molecular weight is 164 g/mol. The number of nitrogens with one attached hydrogen (secondary N) is 1. The zero-order valence-corrected chi connectivity index (χ0v) is 6.83. The fourth-order valence-corrected chi connectivity index (χ4v) is 0.927. The van der Waals surface area contributed by atoms with Gasteiger partial charge in [-0.1, -0.05) is 12.1 Å². The number of hydrogen-bond donors (Lipinski definition) is 1. The Balaban J connectivity index is 3.04. The van der Waals surface area contributed by atoms with Gasteiger partial charge in [-0.15, -0.1) is 0 Å². The van der Waals surface area contributed by atoms with E-state index < -0.39 is 0 Å². The van der Waals surface area contributed by atoms with Crippen LogP contribution in [-0.4, -0.2) is 13.0 Å². The van der Waals surface area contributed by atoms with E-state index in [2.05, 4.69) is 12.4 Å². The smallest absolute Gasteiger partial charge is 0.255 e. The Kier molecular flexibility index (Phi) is 2.69. The van der Waals surface area contributed by atoms with Crippen molar-refractivity contribution in [1.29, 1.82) is 0 Å².